The molecule has 3 heterocycles. The van der Waals surface area contributed by atoms with E-state index < -0.39 is 0 Å². The quantitative estimate of drug-likeness (QED) is 0.434. The molecule has 1 aliphatic heterocycles. The fourth-order valence-electron chi connectivity index (χ4n) is 2.94. The number of thiophene rings is 1. The number of aromatic nitrogens is 2. The van der Waals surface area contributed by atoms with Gasteiger partial charge in [0.15, 0.2) is 5.16 Å². The van der Waals surface area contributed by atoms with E-state index in [0.29, 0.717) is 6.54 Å². The number of rotatable bonds is 1. The van der Waals surface area contributed by atoms with Crippen molar-refractivity contribution in [1.82, 2.24) is 9.55 Å². The largest absolute Gasteiger partial charge is 0.286 e. The van der Waals surface area contributed by atoms with Crippen molar-refractivity contribution in [2.75, 3.05) is 0 Å². The van der Waals surface area contributed by atoms with Gasteiger partial charge in [-0.25, -0.2) is 4.98 Å². The van der Waals surface area contributed by atoms with Gasteiger partial charge < -0.3 is 0 Å². The van der Waals surface area contributed by atoms with Crippen LogP contribution in [0.25, 0.3) is 10.2 Å². The topological polar surface area (TPSA) is 34.9 Å². The van der Waals surface area contributed by atoms with Gasteiger partial charge in [-0.3, -0.25) is 9.36 Å². The van der Waals surface area contributed by atoms with Gasteiger partial charge in [-0.2, -0.15) is 0 Å². The third kappa shape index (κ3) is 2.47. The van der Waals surface area contributed by atoms with Gasteiger partial charge >= 0.3 is 0 Å². The molecule has 0 spiro atoms. The minimum Gasteiger partial charge on any atom is -0.286 e. The first-order valence-corrected chi connectivity index (χ1v) is 10.0. The van der Waals surface area contributed by atoms with Crippen LogP contribution in [0.4, 0.5) is 0 Å². The maximum Gasteiger partial charge on any atom is 0.263 e. The number of benzene rings is 1. The zero-order valence-corrected chi connectivity index (χ0v) is 16.0. The van der Waals surface area contributed by atoms with Gasteiger partial charge in [0.05, 0.1) is 10.6 Å². The highest BCUT2D eigenvalue weighted by molar-refractivity contribution is 9.09. The summed E-state index contributed by atoms with van der Waals surface area (Å²) in [5.74, 6) is 0. The molecule has 2 atom stereocenters. The molecule has 0 aliphatic carbocycles. The van der Waals surface area contributed by atoms with Crippen molar-refractivity contribution in [1.29, 1.82) is 0 Å². The van der Waals surface area contributed by atoms with Crippen LogP contribution in [0.1, 0.15) is 21.3 Å². The predicted molar refractivity (Wildman–Crippen MR) is 101 cm³/mol. The number of halogens is 1. The third-order valence-electron chi connectivity index (χ3n) is 4.30. The highest BCUT2D eigenvalue weighted by atomic mass is 79.9. The summed E-state index contributed by atoms with van der Waals surface area (Å²) in [7, 11) is 0. The Morgan fingerprint density at radius 2 is 2.00 bits per heavy atom. The molecule has 1 aliphatic rings. The van der Waals surface area contributed by atoms with Crippen LogP contribution in [0.3, 0.4) is 0 Å². The maximum absolute atomic E-state index is 12.9. The standard InChI is InChI=1S/C17H15BrN2OS2/c1-9-10(2)22-15-13(9)16(21)20-8-12(18)14(23-17(20)19-15)11-6-4-3-5-7-11/h3-7,12,14H,8H2,1-2H3. The number of alkyl halides is 1. The SMILES string of the molecule is Cc1sc2nc3n(c(=O)c2c1C)CC(Br)C(c1ccccc1)S3. The van der Waals surface area contributed by atoms with Crippen molar-refractivity contribution in [2.24, 2.45) is 0 Å². The monoisotopic (exact) mass is 406 g/mol. The zero-order chi connectivity index (χ0) is 16.1. The van der Waals surface area contributed by atoms with E-state index in [0.717, 1.165) is 20.9 Å². The summed E-state index contributed by atoms with van der Waals surface area (Å²) in [6.45, 7) is 4.72. The molecular weight excluding hydrogens is 392 g/mol. The van der Waals surface area contributed by atoms with E-state index in [1.165, 1.54) is 10.4 Å². The summed E-state index contributed by atoms with van der Waals surface area (Å²) < 4.78 is 1.82. The maximum atomic E-state index is 12.9. The van der Waals surface area contributed by atoms with E-state index in [1.54, 1.807) is 23.1 Å². The van der Waals surface area contributed by atoms with Gasteiger partial charge in [-0.15, -0.1) is 11.3 Å². The van der Waals surface area contributed by atoms with Gasteiger partial charge in [0.1, 0.15) is 4.83 Å². The molecule has 118 valence electrons. The first-order valence-electron chi connectivity index (χ1n) is 7.42. The summed E-state index contributed by atoms with van der Waals surface area (Å²) >= 11 is 7.07. The fraction of sp³-hybridized carbons (Fsp3) is 0.294. The fourth-order valence-corrected chi connectivity index (χ4v) is 6.12. The summed E-state index contributed by atoms with van der Waals surface area (Å²) in [6.07, 6.45) is 0. The number of thioether (sulfide) groups is 1. The van der Waals surface area contributed by atoms with E-state index in [-0.39, 0.29) is 15.6 Å². The molecule has 0 saturated carbocycles. The number of fused-ring (bicyclic) bond motifs is 2. The molecule has 0 bridgehead atoms. The Hall–Kier alpha value is -1.11. The first kappa shape index (κ1) is 15.4. The van der Waals surface area contributed by atoms with E-state index in [1.807, 2.05) is 17.6 Å². The second kappa shape index (κ2) is 5.76. The molecule has 0 saturated heterocycles. The summed E-state index contributed by atoms with van der Waals surface area (Å²) in [5, 5.41) is 1.88. The Labute approximate surface area is 150 Å². The lowest BCUT2D eigenvalue weighted by molar-refractivity contribution is 0.553. The molecule has 0 radical (unpaired) electrons. The van der Waals surface area contributed by atoms with Crippen LogP contribution in [0.2, 0.25) is 0 Å². The third-order valence-corrected chi connectivity index (χ3v) is 7.95. The number of hydrogen-bond donors (Lipinski definition) is 0. The number of aryl methyl sites for hydroxylation is 2. The molecule has 6 heteroatoms. The van der Waals surface area contributed by atoms with E-state index >= 15 is 0 Å². The Balaban J connectivity index is 1.87. The van der Waals surface area contributed by atoms with E-state index in [4.69, 9.17) is 4.98 Å². The molecule has 1 aromatic carbocycles. The van der Waals surface area contributed by atoms with Gasteiger partial charge in [-0.05, 0) is 25.0 Å². The first-order chi connectivity index (χ1) is 11.1. The lowest BCUT2D eigenvalue weighted by atomic mass is 10.1. The van der Waals surface area contributed by atoms with Crippen LogP contribution in [0.15, 0.2) is 40.3 Å². The van der Waals surface area contributed by atoms with Crippen molar-refractivity contribution in [2.45, 2.75) is 35.6 Å². The van der Waals surface area contributed by atoms with E-state index in [9.17, 15) is 4.79 Å². The van der Waals surface area contributed by atoms with Crippen LogP contribution in [0, 0.1) is 13.8 Å². The highest BCUT2D eigenvalue weighted by Gasteiger charge is 2.31. The van der Waals surface area contributed by atoms with Crippen LogP contribution in [-0.2, 0) is 6.54 Å². The second-order valence-electron chi connectivity index (χ2n) is 5.74. The number of hydrogen-bond acceptors (Lipinski definition) is 4. The summed E-state index contributed by atoms with van der Waals surface area (Å²) in [5.41, 5.74) is 2.42. The van der Waals surface area contributed by atoms with Crippen LogP contribution in [-0.4, -0.2) is 14.4 Å². The van der Waals surface area contributed by atoms with Crippen molar-refractivity contribution < 1.29 is 0 Å². The Kier molecular flexibility index (Phi) is 3.86. The Morgan fingerprint density at radius 3 is 2.74 bits per heavy atom. The van der Waals surface area contributed by atoms with Crippen LogP contribution < -0.4 is 5.56 Å². The molecule has 0 N–H and O–H groups in total. The molecule has 0 fully saturated rings. The highest BCUT2D eigenvalue weighted by Crippen LogP contribution is 2.44. The molecule has 3 nitrogen and oxygen atoms in total. The normalized spacial score (nSPS) is 20.7. The van der Waals surface area contributed by atoms with Gasteiger partial charge in [0.25, 0.3) is 5.56 Å². The minimum absolute atomic E-state index is 0.0929. The molecule has 23 heavy (non-hydrogen) atoms. The molecular formula is C17H15BrN2OS2. The van der Waals surface area contributed by atoms with Gasteiger partial charge in [0, 0.05) is 16.2 Å². The van der Waals surface area contributed by atoms with E-state index in [2.05, 4.69) is 47.1 Å². The minimum atomic E-state index is 0.0929. The molecule has 4 rings (SSSR count). The van der Waals surface area contributed by atoms with Gasteiger partial charge in [0.2, 0.25) is 0 Å². The van der Waals surface area contributed by atoms with Crippen LogP contribution >= 0.6 is 39.0 Å². The lowest BCUT2D eigenvalue weighted by Crippen LogP contribution is -2.32. The molecule has 2 unspecified atom stereocenters. The van der Waals surface area contributed by atoms with Gasteiger partial charge in [-0.1, -0.05) is 58.0 Å². The smallest absolute Gasteiger partial charge is 0.263 e. The van der Waals surface area contributed by atoms with Crippen molar-refractivity contribution in [3.8, 4) is 0 Å². The van der Waals surface area contributed by atoms with Crippen molar-refractivity contribution >= 4 is 49.2 Å². The van der Waals surface area contributed by atoms with Crippen molar-refractivity contribution in [3.63, 3.8) is 0 Å². The Morgan fingerprint density at radius 1 is 1.26 bits per heavy atom. The zero-order valence-electron chi connectivity index (χ0n) is 12.7. The lowest BCUT2D eigenvalue weighted by Gasteiger charge is -2.29. The molecule has 0 amide bonds. The average molecular weight is 407 g/mol. The van der Waals surface area contributed by atoms with Crippen LogP contribution in [0.5, 0.6) is 0 Å². The number of nitrogens with zero attached hydrogens (tertiary/aromatic N) is 2. The average Bonchev–Trinajstić information content (AvgIpc) is 2.83. The molecule has 2 aromatic heterocycles. The predicted octanol–water partition coefficient (Wildman–Crippen LogP) is 4.69. The summed E-state index contributed by atoms with van der Waals surface area (Å²) in [4.78, 5) is 19.9. The van der Waals surface area contributed by atoms with Crippen molar-refractivity contribution in [3.05, 3.63) is 56.7 Å². The molecule has 3 aromatic rings. The second-order valence-corrected chi connectivity index (χ2v) is 9.23. The Bertz CT molecular complexity index is 949. The summed E-state index contributed by atoms with van der Waals surface area (Å²) in [6, 6.07) is 10.4.